The van der Waals surface area contributed by atoms with Crippen molar-refractivity contribution in [3.8, 4) is 0 Å². The van der Waals surface area contributed by atoms with E-state index in [1.807, 2.05) is 18.2 Å². The zero-order chi connectivity index (χ0) is 11.6. The summed E-state index contributed by atoms with van der Waals surface area (Å²) in [7, 11) is -3.31. The zero-order valence-corrected chi connectivity index (χ0v) is 10.3. The maximum Gasteiger partial charge on any atom is 0.195 e. The lowest BCUT2D eigenvalue weighted by Crippen LogP contribution is -2.04. The molecule has 0 fully saturated rings. The van der Waals surface area contributed by atoms with Crippen LogP contribution in [-0.4, -0.2) is 18.0 Å². The molecule has 0 amide bonds. The molecule has 0 atom stereocenters. The highest BCUT2D eigenvalue weighted by Crippen LogP contribution is 2.21. The fraction of sp³-hybridized carbons (Fsp3) is 0.200. The van der Waals surface area contributed by atoms with Gasteiger partial charge in [-0.3, -0.25) is 0 Å². The lowest BCUT2D eigenvalue weighted by molar-refractivity contribution is 0.596. The van der Waals surface area contributed by atoms with Crippen molar-refractivity contribution in [3.05, 3.63) is 41.6 Å². The van der Waals surface area contributed by atoms with E-state index in [0.717, 1.165) is 17.1 Å². The summed E-state index contributed by atoms with van der Waals surface area (Å²) < 4.78 is 27.9. The molecule has 0 aliphatic carbocycles. The smallest absolute Gasteiger partial charge is 0.195 e. The first-order valence-corrected chi connectivity index (χ1v) is 7.08. The molecule has 0 bridgehead atoms. The van der Waals surface area contributed by atoms with Gasteiger partial charge >= 0.3 is 0 Å². The lowest BCUT2D eigenvalue weighted by atomic mass is 10.2. The Bertz CT molecular complexity index is 576. The molecule has 1 aromatic heterocycles. The van der Waals surface area contributed by atoms with Gasteiger partial charge in [-0.15, -0.1) is 5.10 Å². The van der Waals surface area contributed by atoms with Crippen molar-refractivity contribution in [1.29, 1.82) is 0 Å². The molecule has 0 saturated carbocycles. The molecule has 0 saturated heterocycles. The van der Waals surface area contributed by atoms with Crippen molar-refractivity contribution in [3.63, 3.8) is 0 Å². The van der Waals surface area contributed by atoms with E-state index in [1.54, 1.807) is 19.1 Å². The number of rotatable bonds is 3. The third-order valence-corrected chi connectivity index (χ3v) is 5.28. The van der Waals surface area contributed by atoms with Crippen LogP contribution in [0.2, 0.25) is 0 Å². The number of aryl methyl sites for hydroxylation is 1. The summed E-state index contributed by atoms with van der Waals surface area (Å²) in [5.74, 6) is -0.00144. The molecule has 4 nitrogen and oxygen atoms in total. The largest absolute Gasteiger partial charge is 0.222 e. The first-order chi connectivity index (χ1) is 7.59. The van der Waals surface area contributed by atoms with Crippen LogP contribution in [0.1, 0.15) is 11.3 Å². The molecule has 6 heteroatoms. The lowest BCUT2D eigenvalue weighted by Gasteiger charge is -2.01. The van der Waals surface area contributed by atoms with Crippen molar-refractivity contribution in [1.82, 2.24) is 9.59 Å². The molecule has 0 aliphatic heterocycles. The molecule has 84 valence electrons. The fourth-order valence-corrected chi connectivity index (χ4v) is 3.76. The number of benzene rings is 1. The van der Waals surface area contributed by atoms with Crippen LogP contribution in [0.4, 0.5) is 0 Å². The molecule has 0 spiro atoms. The highest BCUT2D eigenvalue weighted by atomic mass is 32.2. The van der Waals surface area contributed by atoms with Gasteiger partial charge in [0.25, 0.3) is 0 Å². The first-order valence-electron chi connectivity index (χ1n) is 4.65. The third kappa shape index (κ3) is 2.28. The average Bonchev–Trinajstić information content (AvgIpc) is 2.66. The summed E-state index contributed by atoms with van der Waals surface area (Å²) >= 11 is 0.927. The number of hydrogen-bond donors (Lipinski definition) is 0. The Morgan fingerprint density at radius 3 is 2.50 bits per heavy atom. The summed E-state index contributed by atoms with van der Waals surface area (Å²) in [6, 6.07) is 9.09. The van der Waals surface area contributed by atoms with Crippen LogP contribution in [0, 0.1) is 6.92 Å². The highest BCUT2D eigenvalue weighted by molar-refractivity contribution is 7.92. The number of aromatic nitrogens is 2. The minimum absolute atomic E-state index is 0.00144. The Kier molecular flexibility index (Phi) is 3.02. The predicted octanol–water partition coefficient (Wildman–Crippen LogP) is 1.82. The van der Waals surface area contributed by atoms with Gasteiger partial charge in [0.1, 0.15) is 0 Å². The Morgan fingerprint density at radius 2 is 1.94 bits per heavy atom. The number of nitrogens with zero attached hydrogens (tertiary/aromatic N) is 2. The minimum Gasteiger partial charge on any atom is -0.222 e. The van der Waals surface area contributed by atoms with E-state index < -0.39 is 9.84 Å². The summed E-state index contributed by atoms with van der Waals surface area (Å²) in [5.41, 5.74) is 1.25. The molecular weight excluding hydrogens is 244 g/mol. The Labute approximate surface area is 98.0 Å². The van der Waals surface area contributed by atoms with Crippen LogP contribution >= 0.6 is 11.5 Å². The molecule has 2 aromatic rings. The van der Waals surface area contributed by atoms with E-state index >= 15 is 0 Å². The van der Waals surface area contributed by atoms with Gasteiger partial charge in [-0.05, 0) is 12.5 Å². The molecule has 2 rings (SSSR count). The minimum atomic E-state index is -3.31. The number of sulfone groups is 1. The van der Waals surface area contributed by atoms with Gasteiger partial charge in [-0.2, -0.15) is 0 Å². The Balaban J connectivity index is 2.32. The number of hydrogen-bond acceptors (Lipinski definition) is 5. The highest BCUT2D eigenvalue weighted by Gasteiger charge is 2.21. The van der Waals surface area contributed by atoms with E-state index in [1.165, 1.54) is 0 Å². The standard InChI is InChI=1S/C10H10N2O2S2/c1-8-10(15-12-11-8)16(13,14)7-9-5-3-2-4-6-9/h2-6H,7H2,1H3. The molecule has 0 radical (unpaired) electrons. The normalized spacial score (nSPS) is 11.6. The van der Waals surface area contributed by atoms with Gasteiger partial charge in [-0.25, -0.2) is 8.42 Å². The SMILES string of the molecule is Cc1nnsc1S(=O)(=O)Cc1ccccc1. The van der Waals surface area contributed by atoms with Gasteiger partial charge in [-0.1, -0.05) is 34.8 Å². The molecular formula is C10H10N2O2S2. The van der Waals surface area contributed by atoms with Crippen LogP contribution in [0.5, 0.6) is 0 Å². The van der Waals surface area contributed by atoms with Crippen molar-refractivity contribution >= 4 is 21.4 Å². The average molecular weight is 254 g/mol. The second kappa shape index (κ2) is 4.31. The molecule has 16 heavy (non-hydrogen) atoms. The van der Waals surface area contributed by atoms with Crippen LogP contribution in [-0.2, 0) is 15.6 Å². The third-order valence-electron chi connectivity index (χ3n) is 2.09. The molecule has 1 aromatic carbocycles. The van der Waals surface area contributed by atoms with Crippen LogP contribution < -0.4 is 0 Å². The van der Waals surface area contributed by atoms with Crippen molar-refractivity contribution in [2.45, 2.75) is 16.9 Å². The van der Waals surface area contributed by atoms with E-state index in [-0.39, 0.29) is 9.96 Å². The molecule has 0 aliphatic rings. The van der Waals surface area contributed by atoms with E-state index in [0.29, 0.717) is 5.69 Å². The summed E-state index contributed by atoms with van der Waals surface area (Å²) in [6.45, 7) is 1.65. The predicted molar refractivity (Wildman–Crippen MR) is 62.0 cm³/mol. The van der Waals surface area contributed by atoms with E-state index in [2.05, 4.69) is 9.59 Å². The zero-order valence-electron chi connectivity index (χ0n) is 8.62. The van der Waals surface area contributed by atoms with E-state index in [9.17, 15) is 8.42 Å². The van der Waals surface area contributed by atoms with Crippen molar-refractivity contribution in [2.24, 2.45) is 0 Å². The molecule has 0 unspecified atom stereocenters. The summed E-state index contributed by atoms with van der Waals surface area (Å²) in [5, 5.41) is 3.71. The summed E-state index contributed by atoms with van der Waals surface area (Å²) in [4.78, 5) is 0. The Hall–Kier alpha value is -1.27. The van der Waals surface area contributed by atoms with E-state index in [4.69, 9.17) is 0 Å². The van der Waals surface area contributed by atoms with Crippen molar-refractivity contribution in [2.75, 3.05) is 0 Å². The maximum absolute atomic E-state index is 12.0. The second-order valence-electron chi connectivity index (χ2n) is 3.39. The first kappa shape index (κ1) is 11.2. The van der Waals surface area contributed by atoms with Crippen molar-refractivity contribution < 1.29 is 8.42 Å². The quantitative estimate of drug-likeness (QED) is 0.838. The van der Waals surface area contributed by atoms with Crippen LogP contribution in [0.25, 0.3) is 0 Å². The van der Waals surface area contributed by atoms with Crippen LogP contribution in [0.3, 0.4) is 0 Å². The maximum atomic E-state index is 12.0. The summed E-state index contributed by atoms with van der Waals surface area (Å²) in [6.07, 6.45) is 0. The van der Waals surface area contributed by atoms with Crippen LogP contribution in [0.15, 0.2) is 34.5 Å². The van der Waals surface area contributed by atoms with Gasteiger partial charge < -0.3 is 0 Å². The topological polar surface area (TPSA) is 59.9 Å². The Morgan fingerprint density at radius 1 is 1.25 bits per heavy atom. The molecule has 0 N–H and O–H groups in total. The molecule has 1 heterocycles. The van der Waals surface area contributed by atoms with Gasteiger partial charge in [0, 0.05) is 11.5 Å². The van der Waals surface area contributed by atoms with Gasteiger partial charge in [0.05, 0.1) is 11.4 Å². The van der Waals surface area contributed by atoms with Gasteiger partial charge in [0.15, 0.2) is 14.0 Å². The fourth-order valence-electron chi connectivity index (χ4n) is 1.37. The van der Waals surface area contributed by atoms with Gasteiger partial charge in [0.2, 0.25) is 0 Å². The second-order valence-corrected chi connectivity index (χ2v) is 6.33. The monoisotopic (exact) mass is 254 g/mol.